The van der Waals surface area contributed by atoms with E-state index < -0.39 is 0 Å². The molecule has 2 aromatic rings. The summed E-state index contributed by atoms with van der Waals surface area (Å²) >= 11 is 0. The molecule has 3 nitrogen and oxygen atoms in total. The normalized spacial score (nSPS) is 10.6. The van der Waals surface area contributed by atoms with Gasteiger partial charge in [-0.3, -0.25) is 0 Å². The molecule has 0 fully saturated rings. The highest BCUT2D eigenvalue weighted by Crippen LogP contribution is 2.22. The molecule has 0 aliphatic rings. The van der Waals surface area contributed by atoms with Crippen LogP contribution in [-0.2, 0) is 6.54 Å². The second kappa shape index (κ2) is 3.11. The first-order valence-electron chi connectivity index (χ1n) is 4.19. The van der Waals surface area contributed by atoms with E-state index in [1.54, 1.807) is 7.11 Å². The summed E-state index contributed by atoms with van der Waals surface area (Å²) in [6.07, 6.45) is 1.93. The van der Waals surface area contributed by atoms with Crippen LogP contribution in [0, 0.1) is 0 Å². The topological polar surface area (TPSA) is 51.0 Å². The Morgan fingerprint density at radius 2 is 2.31 bits per heavy atom. The van der Waals surface area contributed by atoms with Crippen molar-refractivity contribution < 1.29 is 4.74 Å². The van der Waals surface area contributed by atoms with E-state index >= 15 is 0 Å². The van der Waals surface area contributed by atoms with Gasteiger partial charge in [0.2, 0.25) is 0 Å². The number of nitrogens with two attached hydrogens (primary N) is 1. The van der Waals surface area contributed by atoms with Gasteiger partial charge in [-0.1, -0.05) is 0 Å². The molecule has 0 saturated heterocycles. The average Bonchev–Trinajstić information content (AvgIpc) is 2.59. The molecule has 0 radical (unpaired) electrons. The van der Waals surface area contributed by atoms with Crippen LogP contribution in [0.3, 0.4) is 0 Å². The van der Waals surface area contributed by atoms with Crippen LogP contribution in [0.1, 0.15) is 5.56 Å². The van der Waals surface area contributed by atoms with Crippen molar-refractivity contribution >= 4 is 10.9 Å². The van der Waals surface area contributed by atoms with Crippen LogP contribution in [0.5, 0.6) is 5.75 Å². The average molecular weight is 176 g/mol. The zero-order valence-electron chi connectivity index (χ0n) is 7.50. The fraction of sp³-hybridized carbons (Fsp3) is 0.200. The van der Waals surface area contributed by atoms with Crippen LogP contribution < -0.4 is 10.5 Å². The summed E-state index contributed by atoms with van der Waals surface area (Å²) in [7, 11) is 1.66. The van der Waals surface area contributed by atoms with Gasteiger partial charge in [0.05, 0.1) is 7.11 Å². The van der Waals surface area contributed by atoms with Crippen molar-refractivity contribution in [1.82, 2.24) is 4.98 Å². The predicted octanol–water partition coefficient (Wildman–Crippen LogP) is 1.64. The molecule has 1 heterocycles. The van der Waals surface area contributed by atoms with Gasteiger partial charge in [-0.15, -0.1) is 0 Å². The Morgan fingerprint density at radius 3 is 3.00 bits per heavy atom. The minimum Gasteiger partial charge on any atom is -0.497 e. The summed E-state index contributed by atoms with van der Waals surface area (Å²) in [6.45, 7) is 0.549. The van der Waals surface area contributed by atoms with Gasteiger partial charge in [0.15, 0.2) is 0 Å². The van der Waals surface area contributed by atoms with E-state index in [1.807, 2.05) is 24.4 Å². The van der Waals surface area contributed by atoms with E-state index in [-0.39, 0.29) is 0 Å². The summed E-state index contributed by atoms with van der Waals surface area (Å²) in [6, 6.07) is 5.92. The molecule has 3 heteroatoms. The molecule has 0 aliphatic heterocycles. The van der Waals surface area contributed by atoms with E-state index in [2.05, 4.69) is 4.98 Å². The highest BCUT2D eigenvalue weighted by atomic mass is 16.5. The first-order valence-corrected chi connectivity index (χ1v) is 4.19. The van der Waals surface area contributed by atoms with Gasteiger partial charge < -0.3 is 15.5 Å². The second-order valence-corrected chi connectivity index (χ2v) is 2.93. The molecule has 0 aliphatic carbocycles. The van der Waals surface area contributed by atoms with Gasteiger partial charge >= 0.3 is 0 Å². The zero-order chi connectivity index (χ0) is 9.26. The quantitative estimate of drug-likeness (QED) is 0.730. The third-order valence-electron chi connectivity index (χ3n) is 2.19. The Bertz CT molecular complexity index is 420. The molecule has 13 heavy (non-hydrogen) atoms. The number of hydrogen-bond acceptors (Lipinski definition) is 2. The first kappa shape index (κ1) is 8.13. The summed E-state index contributed by atoms with van der Waals surface area (Å²) in [5, 5.41) is 1.14. The number of aromatic amines is 1. The number of H-pyrrole nitrogens is 1. The Morgan fingerprint density at radius 1 is 1.46 bits per heavy atom. The van der Waals surface area contributed by atoms with Crippen molar-refractivity contribution in [2.75, 3.05) is 7.11 Å². The lowest BCUT2D eigenvalue weighted by molar-refractivity contribution is 0.415. The molecule has 0 bridgehead atoms. The fourth-order valence-corrected chi connectivity index (χ4v) is 1.45. The number of rotatable bonds is 2. The molecule has 2 rings (SSSR count). The highest BCUT2D eigenvalue weighted by molar-refractivity contribution is 5.84. The molecule has 0 spiro atoms. The van der Waals surface area contributed by atoms with Gasteiger partial charge in [-0.25, -0.2) is 0 Å². The molecular formula is C10H12N2O. The molecule has 0 atom stereocenters. The Hall–Kier alpha value is -1.48. The molecule has 0 saturated carbocycles. The highest BCUT2D eigenvalue weighted by Gasteiger charge is 2.02. The van der Waals surface area contributed by atoms with E-state index in [9.17, 15) is 0 Å². The minimum atomic E-state index is 0.549. The smallest absolute Gasteiger partial charge is 0.119 e. The number of methoxy groups -OCH3 is 1. The largest absolute Gasteiger partial charge is 0.497 e. The van der Waals surface area contributed by atoms with E-state index in [0.717, 1.165) is 22.2 Å². The summed E-state index contributed by atoms with van der Waals surface area (Å²) in [4.78, 5) is 3.15. The van der Waals surface area contributed by atoms with Gasteiger partial charge in [-0.2, -0.15) is 0 Å². The Kier molecular flexibility index (Phi) is 1.94. The maximum Gasteiger partial charge on any atom is 0.119 e. The Labute approximate surface area is 76.5 Å². The standard InChI is InChI=1S/C10H12N2O/c1-13-8-2-3-10-9(4-8)7(5-11)6-12-10/h2-4,6,12H,5,11H2,1H3. The number of benzene rings is 1. The van der Waals surface area contributed by atoms with Gasteiger partial charge in [0, 0.05) is 23.6 Å². The van der Waals surface area contributed by atoms with Crippen LogP contribution in [0.4, 0.5) is 0 Å². The van der Waals surface area contributed by atoms with Crippen LogP contribution in [0.25, 0.3) is 10.9 Å². The number of aromatic nitrogens is 1. The van der Waals surface area contributed by atoms with E-state index in [1.165, 1.54) is 0 Å². The molecule has 1 aromatic heterocycles. The van der Waals surface area contributed by atoms with Gasteiger partial charge in [-0.05, 0) is 23.8 Å². The molecule has 68 valence electrons. The Balaban J connectivity index is 2.64. The summed E-state index contributed by atoms with van der Waals surface area (Å²) in [5.41, 5.74) is 7.81. The van der Waals surface area contributed by atoms with Crippen LogP contribution in [0.15, 0.2) is 24.4 Å². The molecule has 0 amide bonds. The van der Waals surface area contributed by atoms with Crippen molar-refractivity contribution in [3.8, 4) is 5.75 Å². The SMILES string of the molecule is COc1ccc2[nH]cc(CN)c2c1. The maximum absolute atomic E-state index is 5.59. The van der Waals surface area contributed by atoms with Crippen molar-refractivity contribution in [2.45, 2.75) is 6.54 Å². The lowest BCUT2D eigenvalue weighted by Crippen LogP contribution is -1.94. The lowest BCUT2D eigenvalue weighted by atomic mass is 10.2. The number of hydrogen-bond donors (Lipinski definition) is 2. The molecule has 1 aromatic carbocycles. The van der Waals surface area contributed by atoms with E-state index in [0.29, 0.717) is 6.54 Å². The lowest BCUT2D eigenvalue weighted by Gasteiger charge is -1.99. The molecular weight excluding hydrogens is 164 g/mol. The zero-order valence-corrected chi connectivity index (χ0v) is 7.50. The van der Waals surface area contributed by atoms with E-state index in [4.69, 9.17) is 10.5 Å². The summed E-state index contributed by atoms with van der Waals surface area (Å²) < 4.78 is 5.14. The third kappa shape index (κ3) is 1.27. The van der Waals surface area contributed by atoms with Gasteiger partial charge in [0.25, 0.3) is 0 Å². The first-order chi connectivity index (χ1) is 6.35. The molecule has 0 unspecified atom stereocenters. The maximum atomic E-state index is 5.59. The van der Waals surface area contributed by atoms with Gasteiger partial charge in [0.1, 0.15) is 5.75 Å². The van der Waals surface area contributed by atoms with Crippen LogP contribution >= 0.6 is 0 Å². The second-order valence-electron chi connectivity index (χ2n) is 2.93. The number of fused-ring (bicyclic) bond motifs is 1. The minimum absolute atomic E-state index is 0.549. The van der Waals surface area contributed by atoms with Crippen molar-refractivity contribution in [3.05, 3.63) is 30.0 Å². The van der Waals surface area contributed by atoms with Crippen LogP contribution in [-0.4, -0.2) is 12.1 Å². The summed E-state index contributed by atoms with van der Waals surface area (Å²) in [5.74, 6) is 0.863. The van der Waals surface area contributed by atoms with Crippen molar-refractivity contribution in [1.29, 1.82) is 0 Å². The number of ether oxygens (including phenoxy) is 1. The third-order valence-corrected chi connectivity index (χ3v) is 2.19. The van der Waals surface area contributed by atoms with Crippen molar-refractivity contribution in [2.24, 2.45) is 5.73 Å². The number of nitrogens with one attached hydrogen (secondary N) is 1. The predicted molar refractivity (Wildman–Crippen MR) is 52.7 cm³/mol. The molecule has 3 N–H and O–H groups in total. The van der Waals surface area contributed by atoms with Crippen LogP contribution in [0.2, 0.25) is 0 Å². The van der Waals surface area contributed by atoms with Crippen molar-refractivity contribution in [3.63, 3.8) is 0 Å². The fourth-order valence-electron chi connectivity index (χ4n) is 1.45. The monoisotopic (exact) mass is 176 g/mol.